The SMILES string of the molecule is Cc1ccc(CN2CC(C(=O)N3CCN(Cc4cccc([N+](=O)[O-])c4)CC3)CC2=O)cc1. The van der Waals surface area contributed by atoms with Crippen molar-refractivity contribution in [2.24, 2.45) is 5.92 Å². The molecule has 2 aliphatic heterocycles. The number of hydrogen-bond acceptors (Lipinski definition) is 5. The highest BCUT2D eigenvalue weighted by molar-refractivity contribution is 5.89. The second-order valence-corrected chi connectivity index (χ2v) is 8.69. The molecule has 8 heteroatoms. The van der Waals surface area contributed by atoms with Gasteiger partial charge in [-0.25, -0.2) is 0 Å². The fourth-order valence-corrected chi connectivity index (χ4v) is 4.42. The number of benzene rings is 2. The van der Waals surface area contributed by atoms with Gasteiger partial charge in [-0.2, -0.15) is 0 Å². The first-order chi connectivity index (χ1) is 15.4. The van der Waals surface area contributed by atoms with E-state index in [2.05, 4.69) is 4.90 Å². The summed E-state index contributed by atoms with van der Waals surface area (Å²) in [5, 5.41) is 11.0. The summed E-state index contributed by atoms with van der Waals surface area (Å²) in [5.41, 5.74) is 3.25. The van der Waals surface area contributed by atoms with Gasteiger partial charge >= 0.3 is 0 Å². The zero-order valence-corrected chi connectivity index (χ0v) is 18.3. The van der Waals surface area contributed by atoms with E-state index in [1.54, 1.807) is 17.0 Å². The van der Waals surface area contributed by atoms with Crippen LogP contribution in [0.1, 0.15) is 23.1 Å². The monoisotopic (exact) mass is 436 g/mol. The minimum Gasteiger partial charge on any atom is -0.340 e. The van der Waals surface area contributed by atoms with E-state index in [0.29, 0.717) is 45.8 Å². The maximum Gasteiger partial charge on any atom is 0.269 e. The number of non-ortho nitro benzene ring substituents is 1. The average Bonchev–Trinajstić information content (AvgIpc) is 3.15. The van der Waals surface area contributed by atoms with Gasteiger partial charge in [-0.3, -0.25) is 24.6 Å². The van der Waals surface area contributed by atoms with Crippen LogP contribution in [0.25, 0.3) is 0 Å². The van der Waals surface area contributed by atoms with Gasteiger partial charge in [-0.1, -0.05) is 42.0 Å². The molecule has 0 aromatic heterocycles. The van der Waals surface area contributed by atoms with Crippen molar-refractivity contribution in [3.63, 3.8) is 0 Å². The number of hydrogen-bond donors (Lipinski definition) is 0. The molecule has 2 heterocycles. The Labute approximate surface area is 187 Å². The molecular weight excluding hydrogens is 408 g/mol. The van der Waals surface area contributed by atoms with Gasteiger partial charge in [0.25, 0.3) is 5.69 Å². The third kappa shape index (κ3) is 5.13. The summed E-state index contributed by atoms with van der Waals surface area (Å²) in [6.45, 7) is 6.30. The second kappa shape index (κ2) is 9.48. The molecule has 2 aliphatic rings. The molecule has 4 rings (SSSR count). The molecule has 8 nitrogen and oxygen atoms in total. The van der Waals surface area contributed by atoms with Crippen molar-refractivity contribution in [3.05, 3.63) is 75.3 Å². The zero-order valence-electron chi connectivity index (χ0n) is 18.3. The molecule has 0 spiro atoms. The number of rotatable bonds is 6. The second-order valence-electron chi connectivity index (χ2n) is 8.69. The molecule has 2 saturated heterocycles. The van der Waals surface area contributed by atoms with Crippen LogP contribution < -0.4 is 0 Å². The molecule has 0 radical (unpaired) electrons. The van der Waals surface area contributed by atoms with E-state index in [9.17, 15) is 19.7 Å². The van der Waals surface area contributed by atoms with Crippen LogP contribution in [-0.4, -0.2) is 64.2 Å². The van der Waals surface area contributed by atoms with Gasteiger partial charge in [0, 0.05) is 64.4 Å². The Bertz CT molecular complexity index is 999. The Morgan fingerprint density at radius 3 is 2.44 bits per heavy atom. The highest BCUT2D eigenvalue weighted by Gasteiger charge is 2.37. The van der Waals surface area contributed by atoms with E-state index in [-0.39, 0.29) is 34.8 Å². The summed E-state index contributed by atoms with van der Waals surface area (Å²) >= 11 is 0. The molecule has 2 fully saturated rings. The maximum atomic E-state index is 13.0. The van der Waals surface area contributed by atoms with Gasteiger partial charge in [0.1, 0.15) is 0 Å². The summed E-state index contributed by atoms with van der Waals surface area (Å²) in [4.78, 5) is 41.9. The number of carbonyl (C=O) groups excluding carboxylic acids is 2. The molecule has 2 aromatic carbocycles. The quantitative estimate of drug-likeness (QED) is 0.513. The number of nitro groups is 1. The molecule has 168 valence electrons. The summed E-state index contributed by atoms with van der Waals surface area (Å²) < 4.78 is 0. The number of nitrogens with zero attached hydrogens (tertiary/aromatic N) is 4. The van der Waals surface area contributed by atoms with Crippen LogP contribution in [0.2, 0.25) is 0 Å². The predicted octanol–water partition coefficient (Wildman–Crippen LogP) is 2.60. The number of amides is 2. The number of carbonyl (C=O) groups is 2. The summed E-state index contributed by atoms with van der Waals surface area (Å²) in [7, 11) is 0. The van der Waals surface area contributed by atoms with Crippen LogP contribution in [0.5, 0.6) is 0 Å². The lowest BCUT2D eigenvalue weighted by Crippen LogP contribution is -2.50. The normalized spacial score (nSPS) is 19.4. The van der Waals surface area contributed by atoms with Gasteiger partial charge in [-0.15, -0.1) is 0 Å². The molecule has 2 aromatic rings. The van der Waals surface area contributed by atoms with Gasteiger partial charge in [0.15, 0.2) is 0 Å². The van der Waals surface area contributed by atoms with Crippen LogP contribution in [0, 0.1) is 23.0 Å². The largest absolute Gasteiger partial charge is 0.340 e. The van der Waals surface area contributed by atoms with Crippen LogP contribution in [0.4, 0.5) is 5.69 Å². The van der Waals surface area contributed by atoms with Crippen molar-refractivity contribution in [1.29, 1.82) is 0 Å². The topological polar surface area (TPSA) is 87.0 Å². The van der Waals surface area contributed by atoms with Crippen molar-refractivity contribution in [1.82, 2.24) is 14.7 Å². The molecule has 32 heavy (non-hydrogen) atoms. The van der Waals surface area contributed by atoms with E-state index in [4.69, 9.17) is 0 Å². The van der Waals surface area contributed by atoms with Gasteiger partial charge in [0.2, 0.25) is 11.8 Å². The van der Waals surface area contributed by atoms with Crippen LogP contribution in [-0.2, 0) is 22.7 Å². The van der Waals surface area contributed by atoms with Crippen molar-refractivity contribution in [3.8, 4) is 0 Å². The number of piperazine rings is 1. The lowest BCUT2D eigenvalue weighted by atomic mass is 10.1. The van der Waals surface area contributed by atoms with E-state index in [1.165, 1.54) is 11.6 Å². The van der Waals surface area contributed by atoms with E-state index < -0.39 is 0 Å². The predicted molar refractivity (Wildman–Crippen MR) is 120 cm³/mol. The summed E-state index contributed by atoms with van der Waals surface area (Å²) in [5.74, 6) is -0.191. The van der Waals surface area contributed by atoms with Crippen molar-refractivity contribution in [2.45, 2.75) is 26.4 Å². The van der Waals surface area contributed by atoms with E-state index in [0.717, 1.165) is 11.1 Å². The summed E-state index contributed by atoms with van der Waals surface area (Å²) in [6, 6.07) is 14.8. The molecule has 0 aliphatic carbocycles. The molecule has 0 N–H and O–H groups in total. The minimum atomic E-state index is -0.384. The third-order valence-electron chi connectivity index (χ3n) is 6.27. The Hall–Kier alpha value is -3.26. The fourth-order valence-electron chi connectivity index (χ4n) is 4.42. The van der Waals surface area contributed by atoms with Crippen LogP contribution >= 0.6 is 0 Å². The zero-order chi connectivity index (χ0) is 22.7. The first-order valence-corrected chi connectivity index (χ1v) is 11.0. The Balaban J connectivity index is 1.28. The smallest absolute Gasteiger partial charge is 0.269 e. The molecule has 1 atom stereocenters. The van der Waals surface area contributed by atoms with Crippen molar-refractivity contribution < 1.29 is 14.5 Å². The minimum absolute atomic E-state index is 0.0354. The maximum absolute atomic E-state index is 13.0. The van der Waals surface area contributed by atoms with E-state index >= 15 is 0 Å². The molecule has 0 saturated carbocycles. The molecule has 2 amide bonds. The van der Waals surface area contributed by atoms with Gasteiger partial charge in [0.05, 0.1) is 10.8 Å². The fraction of sp³-hybridized carbons (Fsp3) is 0.417. The highest BCUT2D eigenvalue weighted by atomic mass is 16.6. The number of nitro benzene ring substituents is 1. The lowest BCUT2D eigenvalue weighted by molar-refractivity contribution is -0.384. The van der Waals surface area contributed by atoms with Crippen molar-refractivity contribution in [2.75, 3.05) is 32.7 Å². The Kier molecular flexibility index (Phi) is 6.50. The lowest BCUT2D eigenvalue weighted by Gasteiger charge is -2.35. The standard InChI is InChI=1S/C24H28N4O4/c1-18-5-7-19(8-6-18)16-27-17-21(14-23(27)29)24(30)26-11-9-25(10-12-26)15-20-3-2-4-22(13-20)28(31)32/h2-8,13,21H,9-12,14-17H2,1H3. The van der Waals surface area contributed by atoms with E-state index in [1.807, 2.05) is 42.2 Å². The van der Waals surface area contributed by atoms with Crippen LogP contribution in [0.15, 0.2) is 48.5 Å². The Morgan fingerprint density at radius 2 is 1.75 bits per heavy atom. The number of likely N-dealkylation sites (tertiary alicyclic amines) is 1. The first-order valence-electron chi connectivity index (χ1n) is 11.0. The highest BCUT2D eigenvalue weighted by Crippen LogP contribution is 2.23. The van der Waals surface area contributed by atoms with Crippen molar-refractivity contribution >= 4 is 17.5 Å². The van der Waals surface area contributed by atoms with Gasteiger partial charge < -0.3 is 9.80 Å². The summed E-state index contributed by atoms with van der Waals surface area (Å²) in [6.07, 6.45) is 0.276. The third-order valence-corrected chi connectivity index (χ3v) is 6.27. The molecule has 0 bridgehead atoms. The Morgan fingerprint density at radius 1 is 1.03 bits per heavy atom. The molecule has 1 unspecified atom stereocenters. The van der Waals surface area contributed by atoms with Crippen LogP contribution in [0.3, 0.4) is 0 Å². The average molecular weight is 437 g/mol. The number of aryl methyl sites for hydroxylation is 1. The van der Waals surface area contributed by atoms with Gasteiger partial charge in [-0.05, 0) is 18.1 Å². The molecular formula is C24H28N4O4. The first kappa shape index (κ1) is 22.0.